The number of rotatable bonds is 12. The van der Waals surface area contributed by atoms with Crippen LogP contribution < -0.4 is 20.7 Å². The number of esters is 1. The van der Waals surface area contributed by atoms with E-state index in [1.165, 1.54) is 19.1 Å². The third-order valence-corrected chi connectivity index (χ3v) is 8.39. The lowest BCUT2D eigenvalue weighted by Gasteiger charge is -2.25. The van der Waals surface area contributed by atoms with E-state index in [9.17, 15) is 27.6 Å². The lowest BCUT2D eigenvalue weighted by atomic mass is 9.99. The first-order valence-electron chi connectivity index (χ1n) is 13.5. The number of nitrogens with zero attached hydrogens (tertiary/aromatic N) is 4. The first-order chi connectivity index (χ1) is 20.4. The molecule has 0 amide bonds. The van der Waals surface area contributed by atoms with E-state index < -0.39 is 56.9 Å². The Bertz CT molecular complexity index is 1490. The van der Waals surface area contributed by atoms with Gasteiger partial charge >= 0.3 is 19.9 Å². The van der Waals surface area contributed by atoms with Gasteiger partial charge in [-0.1, -0.05) is 18.2 Å². The van der Waals surface area contributed by atoms with Gasteiger partial charge in [0.1, 0.15) is 23.8 Å². The molecule has 2 fully saturated rings. The number of hydrogen-bond acceptors (Lipinski definition) is 12. The van der Waals surface area contributed by atoms with Gasteiger partial charge in [0.15, 0.2) is 23.2 Å². The van der Waals surface area contributed by atoms with Gasteiger partial charge in [-0.2, -0.15) is 28.2 Å². The molecule has 6 atom stereocenters. The molecule has 18 heteroatoms. The van der Waals surface area contributed by atoms with Gasteiger partial charge in [0.05, 0.1) is 25.6 Å². The number of halogens is 3. The number of nitrogen functional groups attached to an aromatic ring is 1. The van der Waals surface area contributed by atoms with Crippen LogP contribution in [0.4, 0.5) is 24.9 Å². The number of ether oxygens (including phenoxy) is 2. The molecule has 0 spiro atoms. The van der Waals surface area contributed by atoms with Crippen molar-refractivity contribution >= 4 is 36.6 Å². The highest BCUT2D eigenvalue weighted by atomic mass is 31.2. The van der Waals surface area contributed by atoms with Gasteiger partial charge in [-0.25, -0.2) is 9.55 Å². The fraction of sp³-hybridized carbons (Fsp3) is 0.520. The van der Waals surface area contributed by atoms with Crippen LogP contribution in [0.1, 0.15) is 32.9 Å². The molecule has 2 aliphatic rings. The average Bonchev–Trinajstić information content (AvgIpc) is 3.54. The molecular weight excluding hydrogens is 598 g/mol. The summed E-state index contributed by atoms with van der Waals surface area (Å²) in [4.78, 5) is 24.6. The highest BCUT2D eigenvalue weighted by Crippen LogP contribution is 2.49. The van der Waals surface area contributed by atoms with E-state index in [2.05, 4.69) is 25.4 Å². The van der Waals surface area contributed by atoms with Gasteiger partial charge in [0, 0.05) is 6.04 Å². The van der Waals surface area contributed by atoms with E-state index in [0.29, 0.717) is 0 Å². The van der Waals surface area contributed by atoms with Gasteiger partial charge in [-0.15, -0.1) is 0 Å². The zero-order valence-corrected chi connectivity index (χ0v) is 24.0. The Kier molecular flexibility index (Phi) is 8.81. The van der Waals surface area contributed by atoms with Crippen molar-refractivity contribution in [2.45, 2.75) is 63.4 Å². The average molecular weight is 630 g/mol. The summed E-state index contributed by atoms with van der Waals surface area (Å²) in [5.41, 5.74) is 5.98. The van der Waals surface area contributed by atoms with Crippen LogP contribution in [0.2, 0.25) is 0 Å². The van der Waals surface area contributed by atoms with Crippen LogP contribution in [0, 0.1) is 5.92 Å². The molecule has 14 nitrogen and oxygen atoms in total. The van der Waals surface area contributed by atoms with Gasteiger partial charge in [-0.05, 0) is 38.8 Å². The monoisotopic (exact) mass is 629 g/mol. The number of hydrogen-bond donors (Lipinski definition) is 4. The highest BCUT2D eigenvalue weighted by Gasteiger charge is 2.59. The second-order valence-electron chi connectivity index (χ2n) is 10.1. The van der Waals surface area contributed by atoms with Crippen molar-refractivity contribution in [3.05, 3.63) is 36.7 Å². The minimum atomic E-state index is -4.94. The Balaban J connectivity index is 1.40. The van der Waals surface area contributed by atoms with Crippen LogP contribution in [-0.2, 0) is 23.4 Å². The van der Waals surface area contributed by atoms with Crippen molar-refractivity contribution in [2.75, 3.05) is 24.3 Å². The summed E-state index contributed by atoms with van der Waals surface area (Å²) >= 11 is 0. The van der Waals surface area contributed by atoms with Crippen LogP contribution in [0.5, 0.6) is 5.75 Å². The summed E-state index contributed by atoms with van der Waals surface area (Å²) in [5.74, 6) is -3.05. The molecule has 2 aromatic heterocycles. The minimum Gasteiger partial charge on any atom is -0.465 e. The zero-order valence-electron chi connectivity index (χ0n) is 23.1. The molecule has 1 saturated carbocycles. The molecule has 0 radical (unpaired) electrons. The van der Waals surface area contributed by atoms with E-state index in [1.54, 1.807) is 25.1 Å². The number of benzene rings is 1. The largest absolute Gasteiger partial charge is 0.465 e. The molecule has 43 heavy (non-hydrogen) atoms. The van der Waals surface area contributed by atoms with E-state index in [1.807, 2.05) is 0 Å². The maximum atomic E-state index is 14.3. The van der Waals surface area contributed by atoms with Crippen molar-refractivity contribution in [3.8, 4) is 5.75 Å². The second-order valence-corrected chi connectivity index (χ2v) is 11.8. The van der Waals surface area contributed by atoms with Crippen LogP contribution in [0.3, 0.4) is 0 Å². The number of anilines is 2. The summed E-state index contributed by atoms with van der Waals surface area (Å²) in [6.07, 6.45) is -7.67. The number of fused-ring (bicyclic) bond motifs is 1. The highest BCUT2D eigenvalue weighted by molar-refractivity contribution is 7.52. The SMILES string of the molecule is CCOC(=O)C(C)N[P@](=O)(OC[C@H]1O[C@@H](n2cnc3c(NC4CC4)nc(N)nc32)[C@@H](C(F)(F)F)[C@@H]1O)Oc1ccccc1. The summed E-state index contributed by atoms with van der Waals surface area (Å²) in [6.45, 7) is 2.18. The Hall–Kier alpha value is -3.50. The number of aromatic nitrogens is 4. The Morgan fingerprint density at radius 1 is 1.28 bits per heavy atom. The normalized spacial score (nSPS) is 24.4. The third-order valence-electron chi connectivity index (χ3n) is 6.75. The van der Waals surface area contributed by atoms with Crippen LogP contribution >= 0.6 is 7.75 Å². The first kappa shape index (κ1) is 30.9. The molecule has 0 bridgehead atoms. The smallest absolute Gasteiger partial charge is 0.459 e. The van der Waals surface area contributed by atoms with E-state index in [4.69, 9.17) is 24.3 Å². The second kappa shape index (κ2) is 12.2. The molecule has 5 N–H and O–H groups in total. The number of aliphatic hydroxyl groups is 1. The zero-order chi connectivity index (χ0) is 30.9. The molecule has 1 saturated heterocycles. The quantitative estimate of drug-likeness (QED) is 0.169. The first-order valence-corrected chi connectivity index (χ1v) is 15.0. The van der Waals surface area contributed by atoms with Crippen LogP contribution in [0.25, 0.3) is 11.2 Å². The molecule has 3 heterocycles. The molecule has 234 valence electrons. The lowest BCUT2D eigenvalue weighted by molar-refractivity contribution is -0.210. The summed E-state index contributed by atoms with van der Waals surface area (Å²) in [7, 11) is -4.44. The predicted molar refractivity (Wildman–Crippen MR) is 146 cm³/mol. The van der Waals surface area contributed by atoms with E-state index >= 15 is 0 Å². The van der Waals surface area contributed by atoms with Gasteiger partial charge in [0.25, 0.3) is 0 Å². The maximum absolute atomic E-state index is 14.3. The van der Waals surface area contributed by atoms with Crippen molar-refractivity contribution in [3.63, 3.8) is 0 Å². The molecule has 1 aliphatic heterocycles. The molecular formula is C25H31F3N7O7P. The predicted octanol–water partition coefficient (Wildman–Crippen LogP) is 3.16. The van der Waals surface area contributed by atoms with Crippen molar-refractivity contribution in [2.24, 2.45) is 5.92 Å². The van der Waals surface area contributed by atoms with Crippen molar-refractivity contribution in [1.82, 2.24) is 24.6 Å². The summed E-state index contributed by atoms with van der Waals surface area (Å²) < 4.78 is 79.3. The number of nitrogens with one attached hydrogen (secondary N) is 2. The Morgan fingerprint density at radius 3 is 2.65 bits per heavy atom. The number of para-hydroxylation sites is 1. The number of aliphatic hydroxyl groups excluding tert-OH is 1. The van der Waals surface area contributed by atoms with E-state index in [-0.39, 0.29) is 41.3 Å². The fourth-order valence-electron chi connectivity index (χ4n) is 4.56. The number of nitrogens with two attached hydrogens (primary N) is 1. The molecule has 1 unspecified atom stereocenters. The summed E-state index contributed by atoms with van der Waals surface area (Å²) in [6, 6.07) is 6.76. The number of carbonyl (C=O) groups is 1. The summed E-state index contributed by atoms with van der Waals surface area (Å²) in [5, 5.41) is 16.4. The number of imidazole rings is 1. The fourth-order valence-corrected chi connectivity index (χ4v) is 6.06. The third kappa shape index (κ3) is 7.02. The van der Waals surface area contributed by atoms with Gasteiger partial charge in [-0.3, -0.25) is 13.9 Å². The Labute approximate surface area is 243 Å². The number of alkyl halides is 3. The Morgan fingerprint density at radius 2 is 2.00 bits per heavy atom. The number of carbonyl (C=O) groups excluding carboxylic acids is 1. The minimum absolute atomic E-state index is 0.0355. The van der Waals surface area contributed by atoms with Gasteiger partial charge in [0.2, 0.25) is 5.95 Å². The van der Waals surface area contributed by atoms with Crippen molar-refractivity contribution < 1.29 is 46.2 Å². The maximum Gasteiger partial charge on any atom is 0.459 e. The van der Waals surface area contributed by atoms with Crippen LogP contribution in [0.15, 0.2) is 36.7 Å². The van der Waals surface area contributed by atoms with Crippen molar-refractivity contribution in [1.29, 1.82) is 0 Å². The molecule has 1 aliphatic carbocycles. The lowest BCUT2D eigenvalue weighted by Crippen LogP contribution is -2.39. The van der Waals surface area contributed by atoms with Crippen LogP contribution in [-0.4, -0.2) is 74.3 Å². The molecule has 1 aromatic carbocycles. The van der Waals surface area contributed by atoms with E-state index in [0.717, 1.165) is 23.7 Å². The topological polar surface area (TPSA) is 185 Å². The molecule has 3 aromatic rings. The van der Waals surface area contributed by atoms with Gasteiger partial charge < -0.3 is 30.2 Å². The molecule has 5 rings (SSSR count). The standard InChI is InChI=1S/C25H31F3N7O7P/c1-3-39-23(37)13(2)34-43(38,42-15-7-5-4-6-8-15)40-11-16-19(36)17(25(26,27)28)22(41-16)35-12-30-18-20(31-14-9-10-14)32-24(29)33-21(18)35/h4-8,12-14,16-17,19,22,36H,3,9-11H2,1-2H3,(H,34,38)(H3,29,31,32,33)/t13?,16-,17+,19-,22-,43+/m1/s1.